The number of nitrogens with one attached hydrogen (secondary N) is 1. The Hall–Kier alpha value is -2.73. The summed E-state index contributed by atoms with van der Waals surface area (Å²) in [6, 6.07) is 17.9. The van der Waals surface area contributed by atoms with Crippen molar-refractivity contribution in [2.24, 2.45) is 11.7 Å². The fourth-order valence-corrected chi connectivity index (χ4v) is 3.42. The molecule has 0 spiro atoms. The molecule has 5 nitrogen and oxygen atoms in total. The monoisotopic (exact) mass is 425 g/mol. The molecule has 0 aliphatic carbocycles. The second-order valence-electron chi connectivity index (χ2n) is 7.98. The lowest BCUT2D eigenvalue weighted by Crippen LogP contribution is -2.44. The summed E-state index contributed by atoms with van der Waals surface area (Å²) in [4.78, 5) is 25.8. The first kappa shape index (κ1) is 23.5. The van der Waals surface area contributed by atoms with Gasteiger partial charge in [-0.25, -0.2) is 0 Å². The van der Waals surface area contributed by atoms with Gasteiger partial charge in [0.2, 0.25) is 11.8 Å². The van der Waals surface area contributed by atoms with Gasteiger partial charge < -0.3 is 16.0 Å². The Labute approximate surface area is 184 Å². The van der Waals surface area contributed by atoms with Crippen molar-refractivity contribution in [2.45, 2.75) is 46.1 Å². The number of hydrogen-bond acceptors (Lipinski definition) is 3. The Morgan fingerprint density at radius 3 is 2.20 bits per heavy atom. The molecule has 0 saturated heterocycles. The zero-order valence-electron chi connectivity index (χ0n) is 17.9. The molecule has 30 heavy (non-hydrogen) atoms. The van der Waals surface area contributed by atoms with E-state index >= 15 is 0 Å². The van der Waals surface area contributed by atoms with E-state index in [0.717, 1.165) is 17.5 Å². The number of thiocarbonyl (C=S) groups is 1. The van der Waals surface area contributed by atoms with Crippen LogP contribution in [-0.2, 0) is 22.6 Å². The summed E-state index contributed by atoms with van der Waals surface area (Å²) in [5.41, 5.74) is 8.54. The maximum Gasteiger partial charge on any atom is 0.233 e. The van der Waals surface area contributed by atoms with Gasteiger partial charge in [-0.2, -0.15) is 0 Å². The molecule has 1 unspecified atom stereocenters. The van der Waals surface area contributed by atoms with E-state index in [-0.39, 0.29) is 18.2 Å². The number of rotatable bonds is 9. The van der Waals surface area contributed by atoms with Gasteiger partial charge in [-0.3, -0.25) is 9.59 Å². The van der Waals surface area contributed by atoms with Crippen LogP contribution >= 0.6 is 12.2 Å². The fraction of sp³-hybridized carbons (Fsp3) is 0.375. The van der Waals surface area contributed by atoms with Crippen LogP contribution in [-0.4, -0.2) is 28.4 Å². The number of carbonyl (C=O) groups is 2. The number of nitrogens with zero attached hydrogens (tertiary/aromatic N) is 1. The van der Waals surface area contributed by atoms with Crippen molar-refractivity contribution in [2.75, 3.05) is 6.54 Å². The van der Waals surface area contributed by atoms with Crippen molar-refractivity contribution in [3.8, 4) is 0 Å². The van der Waals surface area contributed by atoms with Crippen molar-refractivity contribution >= 4 is 29.1 Å². The topological polar surface area (TPSA) is 75.4 Å². The Morgan fingerprint density at radius 2 is 1.63 bits per heavy atom. The van der Waals surface area contributed by atoms with Gasteiger partial charge in [0.25, 0.3) is 0 Å². The second-order valence-corrected chi connectivity index (χ2v) is 8.37. The van der Waals surface area contributed by atoms with Gasteiger partial charge in [-0.05, 0) is 48.2 Å². The minimum atomic E-state index is -0.406. The Balaban J connectivity index is 2.03. The van der Waals surface area contributed by atoms with Gasteiger partial charge in [0.1, 0.15) is 0 Å². The van der Waals surface area contributed by atoms with Crippen LogP contribution in [0.5, 0.6) is 0 Å². The van der Waals surface area contributed by atoms with Crippen molar-refractivity contribution in [1.29, 1.82) is 0 Å². The fourth-order valence-electron chi connectivity index (χ4n) is 3.16. The largest absolute Gasteiger partial charge is 0.370 e. The summed E-state index contributed by atoms with van der Waals surface area (Å²) in [7, 11) is 0. The first-order chi connectivity index (χ1) is 14.3. The summed E-state index contributed by atoms with van der Waals surface area (Å²) < 4.78 is 0. The van der Waals surface area contributed by atoms with Crippen LogP contribution < -0.4 is 11.1 Å². The molecule has 2 aromatic carbocycles. The van der Waals surface area contributed by atoms with Gasteiger partial charge in [0.15, 0.2) is 5.11 Å². The summed E-state index contributed by atoms with van der Waals surface area (Å²) in [5, 5.41) is 3.13. The molecule has 2 aromatic rings. The van der Waals surface area contributed by atoms with Crippen LogP contribution in [0.25, 0.3) is 0 Å². The van der Waals surface area contributed by atoms with E-state index in [1.807, 2.05) is 49.4 Å². The van der Waals surface area contributed by atoms with E-state index in [0.29, 0.717) is 24.1 Å². The molecular weight excluding hydrogens is 394 g/mol. The maximum atomic E-state index is 12.8. The van der Waals surface area contributed by atoms with Crippen LogP contribution in [0.15, 0.2) is 54.6 Å². The maximum absolute atomic E-state index is 12.8. The molecule has 0 fully saturated rings. The average molecular weight is 426 g/mol. The Morgan fingerprint density at radius 1 is 1.00 bits per heavy atom. The lowest BCUT2D eigenvalue weighted by atomic mass is 9.96. The molecule has 0 bridgehead atoms. The lowest BCUT2D eigenvalue weighted by molar-refractivity contribution is -0.121. The number of hydrogen-bond donors (Lipinski definition) is 2. The van der Waals surface area contributed by atoms with E-state index in [1.54, 1.807) is 4.90 Å². The molecule has 2 rings (SSSR count). The minimum absolute atomic E-state index is 0.162. The predicted molar refractivity (Wildman–Crippen MR) is 125 cm³/mol. The van der Waals surface area contributed by atoms with Crippen molar-refractivity contribution in [3.05, 3.63) is 71.3 Å². The zero-order chi connectivity index (χ0) is 22.1. The summed E-state index contributed by atoms with van der Waals surface area (Å²) in [6.45, 7) is 7.07. The molecule has 2 amide bonds. The quantitative estimate of drug-likeness (QED) is 0.600. The standard InChI is InChI=1S/C24H31N3O2S/c1-17(2)15-19-9-11-21(12-10-19)18(3)23(29)26-24(30)27(14-13-22(25)28)16-20-7-5-4-6-8-20/h4-12,17-18H,13-16H2,1-3H3,(H2,25,28)(H,26,29,30). The lowest BCUT2D eigenvalue weighted by Gasteiger charge is -2.26. The highest BCUT2D eigenvalue weighted by molar-refractivity contribution is 7.80. The summed E-state index contributed by atoms with van der Waals surface area (Å²) in [6.07, 6.45) is 1.18. The van der Waals surface area contributed by atoms with Crippen LogP contribution in [0, 0.1) is 5.92 Å². The third-order valence-electron chi connectivity index (χ3n) is 4.88. The molecular formula is C24H31N3O2S. The highest BCUT2D eigenvalue weighted by Crippen LogP contribution is 2.18. The molecule has 0 aliphatic rings. The highest BCUT2D eigenvalue weighted by Gasteiger charge is 2.19. The second kappa shape index (κ2) is 11.5. The van der Waals surface area contributed by atoms with Crippen molar-refractivity contribution < 1.29 is 9.59 Å². The average Bonchev–Trinajstić information content (AvgIpc) is 2.71. The van der Waals surface area contributed by atoms with E-state index in [1.165, 1.54) is 5.56 Å². The molecule has 0 heterocycles. The number of primary amides is 1. The molecule has 0 aliphatic heterocycles. The number of carbonyl (C=O) groups excluding carboxylic acids is 2. The van der Waals surface area contributed by atoms with Crippen LogP contribution in [0.4, 0.5) is 0 Å². The van der Waals surface area contributed by atoms with Gasteiger partial charge in [-0.1, -0.05) is 68.4 Å². The third-order valence-corrected chi connectivity index (χ3v) is 5.24. The summed E-state index contributed by atoms with van der Waals surface area (Å²) >= 11 is 5.48. The highest BCUT2D eigenvalue weighted by atomic mass is 32.1. The third kappa shape index (κ3) is 7.59. The first-order valence-corrected chi connectivity index (χ1v) is 10.7. The van der Waals surface area contributed by atoms with Gasteiger partial charge in [-0.15, -0.1) is 0 Å². The molecule has 0 radical (unpaired) electrons. The van der Waals surface area contributed by atoms with E-state index in [4.69, 9.17) is 18.0 Å². The molecule has 3 N–H and O–H groups in total. The van der Waals surface area contributed by atoms with Gasteiger partial charge >= 0.3 is 0 Å². The van der Waals surface area contributed by atoms with Crippen molar-refractivity contribution in [1.82, 2.24) is 10.2 Å². The molecule has 1 atom stereocenters. The van der Waals surface area contributed by atoms with Gasteiger partial charge in [0.05, 0.1) is 5.92 Å². The van der Waals surface area contributed by atoms with Gasteiger partial charge in [0, 0.05) is 19.5 Å². The van der Waals surface area contributed by atoms with Crippen LogP contribution in [0.1, 0.15) is 49.8 Å². The summed E-state index contributed by atoms with van der Waals surface area (Å²) in [5.74, 6) is -0.332. The minimum Gasteiger partial charge on any atom is -0.370 e. The van der Waals surface area contributed by atoms with Crippen LogP contribution in [0.3, 0.4) is 0 Å². The predicted octanol–water partition coefficient (Wildman–Crippen LogP) is 3.77. The van der Waals surface area contributed by atoms with E-state index in [2.05, 4.69) is 31.3 Å². The van der Waals surface area contributed by atoms with E-state index < -0.39 is 5.91 Å². The Kier molecular flexibility index (Phi) is 8.99. The smallest absolute Gasteiger partial charge is 0.233 e. The number of amides is 2. The normalized spacial score (nSPS) is 11.7. The number of benzene rings is 2. The zero-order valence-corrected chi connectivity index (χ0v) is 18.7. The number of nitrogens with two attached hydrogens (primary N) is 1. The Bertz CT molecular complexity index is 851. The first-order valence-electron chi connectivity index (χ1n) is 10.3. The molecule has 0 saturated carbocycles. The molecule has 6 heteroatoms. The van der Waals surface area contributed by atoms with E-state index in [9.17, 15) is 9.59 Å². The SMILES string of the molecule is CC(C)Cc1ccc(C(C)C(=O)NC(=S)N(CCC(N)=O)Cc2ccccc2)cc1. The van der Waals surface area contributed by atoms with Crippen molar-refractivity contribution in [3.63, 3.8) is 0 Å². The molecule has 0 aromatic heterocycles. The molecule has 160 valence electrons. The van der Waals surface area contributed by atoms with Crippen LogP contribution in [0.2, 0.25) is 0 Å².